The molecule has 2 N–H and O–H groups in total. The fourth-order valence-corrected chi connectivity index (χ4v) is 4.07. The van der Waals surface area contributed by atoms with Crippen LogP contribution in [0.4, 0.5) is 5.82 Å². The van der Waals surface area contributed by atoms with Gasteiger partial charge >= 0.3 is 0 Å². The van der Waals surface area contributed by atoms with E-state index in [2.05, 4.69) is 78.8 Å². The van der Waals surface area contributed by atoms with Crippen LogP contribution in [0.25, 0.3) is 0 Å². The van der Waals surface area contributed by atoms with Crippen molar-refractivity contribution in [1.82, 2.24) is 30.3 Å². The molecule has 0 saturated carbocycles. The molecule has 2 aromatic heterocycles. The normalized spacial score (nSPS) is 14.5. The van der Waals surface area contributed by atoms with Crippen molar-refractivity contribution in [3.63, 3.8) is 0 Å². The van der Waals surface area contributed by atoms with Gasteiger partial charge < -0.3 is 20.4 Å². The van der Waals surface area contributed by atoms with Crippen molar-refractivity contribution in [2.24, 2.45) is 4.99 Å². The van der Waals surface area contributed by atoms with Crippen LogP contribution in [0, 0.1) is 0 Å². The van der Waals surface area contributed by atoms with Crippen molar-refractivity contribution in [1.29, 1.82) is 0 Å². The Kier molecular flexibility index (Phi) is 10.1. The van der Waals surface area contributed by atoms with Gasteiger partial charge in [-0.15, -0.1) is 24.0 Å². The van der Waals surface area contributed by atoms with Crippen LogP contribution in [0.15, 0.2) is 66.0 Å². The smallest absolute Gasteiger partial charge is 0.191 e. The van der Waals surface area contributed by atoms with Gasteiger partial charge in [-0.3, -0.25) is 9.67 Å². The minimum absolute atomic E-state index is 0. The molecule has 1 fully saturated rings. The number of nitrogens with one attached hydrogen (secondary N) is 2. The number of aliphatic imine (C=N–C) groups is 1. The summed E-state index contributed by atoms with van der Waals surface area (Å²) in [6.45, 7) is 9.73. The molecule has 3 aromatic rings. The maximum absolute atomic E-state index is 4.60. The standard InChI is InChI=1S/C25H34N8.HI/c1-3-31-13-15-32(16-14-31)24-17-21(9-11-27-24)18-28-25(26-2)29-19-22-7-4-5-8-23(22)20-33-12-6-10-30-33;/h4-12,17H,3,13-16,18-20H2,1-2H3,(H2,26,28,29);1H. The van der Waals surface area contributed by atoms with Crippen molar-refractivity contribution in [3.05, 3.63) is 77.7 Å². The van der Waals surface area contributed by atoms with Gasteiger partial charge in [0.15, 0.2) is 5.96 Å². The van der Waals surface area contributed by atoms with Gasteiger partial charge in [-0.1, -0.05) is 31.2 Å². The second kappa shape index (κ2) is 13.3. The third kappa shape index (κ3) is 7.17. The lowest BCUT2D eigenvalue weighted by Crippen LogP contribution is -2.46. The predicted octanol–water partition coefficient (Wildman–Crippen LogP) is 2.95. The van der Waals surface area contributed by atoms with Gasteiger partial charge in [0, 0.05) is 64.9 Å². The number of likely N-dealkylation sites (N-methyl/N-ethyl adjacent to an activating group) is 1. The minimum Gasteiger partial charge on any atom is -0.354 e. The molecule has 0 aliphatic carbocycles. The van der Waals surface area contributed by atoms with E-state index in [1.807, 2.05) is 29.3 Å². The molecule has 1 aliphatic heterocycles. The monoisotopic (exact) mass is 574 g/mol. The fourth-order valence-electron chi connectivity index (χ4n) is 4.07. The van der Waals surface area contributed by atoms with E-state index in [-0.39, 0.29) is 24.0 Å². The Morgan fingerprint density at radius 3 is 2.44 bits per heavy atom. The van der Waals surface area contributed by atoms with Crippen LogP contribution in [0.1, 0.15) is 23.6 Å². The molecule has 0 amide bonds. The van der Waals surface area contributed by atoms with E-state index in [0.717, 1.165) is 51.0 Å². The molecule has 3 heterocycles. The number of rotatable bonds is 8. The quantitative estimate of drug-likeness (QED) is 0.245. The first-order chi connectivity index (χ1) is 16.2. The molecule has 0 radical (unpaired) electrons. The van der Waals surface area contributed by atoms with Crippen LogP contribution in [0.3, 0.4) is 0 Å². The van der Waals surface area contributed by atoms with E-state index < -0.39 is 0 Å². The third-order valence-corrected chi connectivity index (χ3v) is 6.09. The number of benzene rings is 1. The van der Waals surface area contributed by atoms with Crippen molar-refractivity contribution in [2.75, 3.05) is 44.7 Å². The number of anilines is 1. The molecular formula is C25H35IN8. The summed E-state index contributed by atoms with van der Waals surface area (Å²) in [6.07, 6.45) is 5.69. The van der Waals surface area contributed by atoms with Crippen LogP contribution in [0.2, 0.25) is 0 Å². The zero-order valence-electron chi connectivity index (χ0n) is 20.0. The van der Waals surface area contributed by atoms with Crippen LogP contribution in [-0.2, 0) is 19.6 Å². The van der Waals surface area contributed by atoms with Gasteiger partial charge in [-0.2, -0.15) is 5.10 Å². The number of pyridine rings is 1. The number of guanidine groups is 1. The summed E-state index contributed by atoms with van der Waals surface area (Å²) < 4.78 is 1.94. The fraction of sp³-hybridized carbons (Fsp3) is 0.400. The van der Waals surface area contributed by atoms with Gasteiger partial charge in [0.25, 0.3) is 0 Å². The highest BCUT2D eigenvalue weighted by Gasteiger charge is 2.16. The van der Waals surface area contributed by atoms with Crippen LogP contribution in [0.5, 0.6) is 0 Å². The molecule has 9 heteroatoms. The number of aromatic nitrogens is 3. The van der Waals surface area contributed by atoms with Crippen molar-refractivity contribution >= 4 is 35.8 Å². The van der Waals surface area contributed by atoms with E-state index in [9.17, 15) is 0 Å². The highest BCUT2D eigenvalue weighted by atomic mass is 127. The average molecular weight is 575 g/mol. The van der Waals surface area contributed by atoms with Gasteiger partial charge in [0.05, 0.1) is 6.54 Å². The molecule has 0 atom stereocenters. The van der Waals surface area contributed by atoms with E-state index in [4.69, 9.17) is 0 Å². The van der Waals surface area contributed by atoms with E-state index >= 15 is 0 Å². The largest absolute Gasteiger partial charge is 0.354 e. The lowest BCUT2D eigenvalue weighted by Gasteiger charge is -2.34. The summed E-state index contributed by atoms with van der Waals surface area (Å²) in [5, 5.41) is 11.2. The van der Waals surface area contributed by atoms with Gasteiger partial charge in [0.2, 0.25) is 0 Å². The number of hydrogen-bond acceptors (Lipinski definition) is 5. The second-order valence-corrected chi connectivity index (χ2v) is 8.20. The third-order valence-electron chi connectivity index (χ3n) is 6.09. The maximum atomic E-state index is 4.60. The van der Waals surface area contributed by atoms with Crippen LogP contribution < -0.4 is 15.5 Å². The Hall–Kier alpha value is -2.66. The molecule has 182 valence electrons. The highest BCUT2D eigenvalue weighted by Crippen LogP contribution is 2.15. The zero-order chi connectivity index (χ0) is 22.9. The summed E-state index contributed by atoms with van der Waals surface area (Å²) in [5.41, 5.74) is 3.67. The molecule has 1 aliphatic rings. The molecule has 34 heavy (non-hydrogen) atoms. The van der Waals surface area contributed by atoms with Crippen LogP contribution >= 0.6 is 24.0 Å². The first-order valence-electron chi connectivity index (χ1n) is 11.7. The summed E-state index contributed by atoms with van der Waals surface area (Å²) >= 11 is 0. The maximum Gasteiger partial charge on any atom is 0.191 e. The Morgan fingerprint density at radius 2 is 1.74 bits per heavy atom. The molecule has 1 saturated heterocycles. The minimum atomic E-state index is 0. The summed E-state index contributed by atoms with van der Waals surface area (Å²) in [7, 11) is 1.80. The topological polar surface area (TPSA) is 73.6 Å². The Bertz CT molecular complexity index is 1030. The van der Waals surface area contributed by atoms with Gasteiger partial charge in [-0.25, -0.2) is 4.98 Å². The summed E-state index contributed by atoms with van der Waals surface area (Å²) in [4.78, 5) is 13.9. The molecule has 0 unspecified atom stereocenters. The molecular weight excluding hydrogens is 539 g/mol. The molecule has 0 spiro atoms. The van der Waals surface area contributed by atoms with E-state index in [0.29, 0.717) is 13.1 Å². The first kappa shape index (κ1) is 26.0. The number of piperazine rings is 1. The first-order valence-corrected chi connectivity index (χ1v) is 11.7. The van der Waals surface area contributed by atoms with Crippen molar-refractivity contribution in [3.8, 4) is 0 Å². The molecule has 8 nitrogen and oxygen atoms in total. The Balaban J connectivity index is 0.00000324. The average Bonchev–Trinajstić information content (AvgIpc) is 3.38. The van der Waals surface area contributed by atoms with Gasteiger partial charge in [0.1, 0.15) is 5.82 Å². The van der Waals surface area contributed by atoms with Crippen LogP contribution in [-0.4, -0.2) is 65.4 Å². The molecule has 4 rings (SSSR count). The molecule has 0 bridgehead atoms. The lowest BCUT2D eigenvalue weighted by molar-refractivity contribution is 0.270. The summed E-state index contributed by atoms with van der Waals surface area (Å²) in [6, 6.07) is 14.6. The lowest BCUT2D eigenvalue weighted by atomic mass is 10.1. The Labute approximate surface area is 219 Å². The van der Waals surface area contributed by atoms with E-state index in [1.165, 1.54) is 16.7 Å². The zero-order valence-corrected chi connectivity index (χ0v) is 22.4. The summed E-state index contributed by atoms with van der Waals surface area (Å²) in [5.74, 6) is 1.83. The number of nitrogens with zero attached hydrogens (tertiary/aromatic N) is 6. The Morgan fingerprint density at radius 1 is 0.971 bits per heavy atom. The van der Waals surface area contributed by atoms with Crippen molar-refractivity contribution < 1.29 is 0 Å². The number of halogens is 1. The highest BCUT2D eigenvalue weighted by molar-refractivity contribution is 14.0. The van der Waals surface area contributed by atoms with Crippen molar-refractivity contribution in [2.45, 2.75) is 26.6 Å². The number of hydrogen-bond donors (Lipinski definition) is 2. The van der Waals surface area contributed by atoms with E-state index in [1.54, 1.807) is 7.05 Å². The molecule has 1 aromatic carbocycles. The SMILES string of the molecule is CCN1CCN(c2cc(CNC(=NC)NCc3ccccc3Cn3cccn3)ccn2)CC1.I. The van der Waals surface area contributed by atoms with Gasteiger partial charge in [-0.05, 0) is 41.4 Å². The predicted molar refractivity (Wildman–Crippen MR) is 149 cm³/mol. The second-order valence-electron chi connectivity index (χ2n) is 8.20.